The summed E-state index contributed by atoms with van der Waals surface area (Å²) in [7, 11) is 0. The van der Waals surface area contributed by atoms with Crippen molar-refractivity contribution in [2.24, 2.45) is 0 Å². The van der Waals surface area contributed by atoms with E-state index in [0.717, 1.165) is 11.3 Å². The first kappa shape index (κ1) is 19.2. The van der Waals surface area contributed by atoms with Crippen molar-refractivity contribution in [3.8, 4) is 5.75 Å². The van der Waals surface area contributed by atoms with E-state index in [1.165, 1.54) is 10.5 Å². The van der Waals surface area contributed by atoms with Gasteiger partial charge in [0.15, 0.2) is 5.76 Å². The van der Waals surface area contributed by atoms with Crippen LogP contribution in [0.4, 0.5) is 0 Å². The minimum atomic E-state index is -0.654. The Morgan fingerprint density at radius 1 is 1.21 bits per heavy atom. The number of furan rings is 1. The van der Waals surface area contributed by atoms with E-state index in [4.69, 9.17) is 13.6 Å². The van der Waals surface area contributed by atoms with Crippen LogP contribution in [-0.2, 0) is 6.61 Å². The summed E-state index contributed by atoms with van der Waals surface area (Å²) in [6.45, 7) is 6.09. The van der Waals surface area contributed by atoms with Crippen molar-refractivity contribution >= 4 is 5.91 Å². The predicted molar refractivity (Wildman–Crippen MR) is 102 cm³/mol. The van der Waals surface area contributed by atoms with Gasteiger partial charge in [-0.3, -0.25) is 4.79 Å². The summed E-state index contributed by atoms with van der Waals surface area (Å²) in [5, 5.41) is 17.9. The van der Waals surface area contributed by atoms with Gasteiger partial charge in [0.05, 0.1) is 6.10 Å². The van der Waals surface area contributed by atoms with Gasteiger partial charge in [0.25, 0.3) is 5.91 Å². The summed E-state index contributed by atoms with van der Waals surface area (Å²) >= 11 is 0. The fourth-order valence-corrected chi connectivity index (χ4v) is 3.54. The summed E-state index contributed by atoms with van der Waals surface area (Å²) in [6.07, 6.45) is -0.310. The van der Waals surface area contributed by atoms with E-state index >= 15 is 0 Å². The average Bonchev–Trinajstić information content (AvgIpc) is 3.40. The number of hydrogen-bond acceptors (Lipinski definition) is 7. The molecule has 1 saturated heterocycles. The molecule has 2 atom stereocenters. The van der Waals surface area contributed by atoms with Gasteiger partial charge in [0.2, 0.25) is 11.8 Å². The van der Waals surface area contributed by atoms with E-state index in [0.29, 0.717) is 24.0 Å². The lowest BCUT2D eigenvalue weighted by molar-refractivity contribution is 0.0661. The normalized spacial score (nSPS) is 19.0. The van der Waals surface area contributed by atoms with Crippen LogP contribution in [0.5, 0.6) is 5.75 Å². The SMILES string of the molecule is Cc1ccc(OCc2ccc(C(=O)N3C[C@H](O)C[C@@H]3c3nnc(C)o3)o2)c(C)c1. The lowest BCUT2D eigenvalue weighted by Gasteiger charge is -2.20. The molecule has 1 amide bonds. The Balaban J connectivity index is 1.46. The zero-order chi connectivity index (χ0) is 20.5. The van der Waals surface area contributed by atoms with Crippen LogP contribution in [0.15, 0.2) is 39.2 Å². The van der Waals surface area contributed by atoms with Crippen LogP contribution < -0.4 is 4.74 Å². The Hall–Kier alpha value is -3.13. The fraction of sp³-hybridized carbons (Fsp3) is 0.381. The van der Waals surface area contributed by atoms with Crippen LogP contribution in [-0.4, -0.2) is 38.8 Å². The molecule has 0 bridgehead atoms. The number of β-amino-alcohol motifs (C(OH)–C–C–N with tert-alkyl or cyclic N) is 1. The summed E-state index contributed by atoms with van der Waals surface area (Å²) in [5.41, 5.74) is 2.20. The molecule has 8 heteroatoms. The Labute approximate surface area is 168 Å². The summed E-state index contributed by atoms with van der Waals surface area (Å²) in [4.78, 5) is 14.5. The van der Waals surface area contributed by atoms with E-state index in [1.807, 2.05) is 32.0 Å². The lowest BCUT2D eigenvalue weighted by Crippen LogP contribution is -2.31. The Morgan fingerprint density at radius 2 is 2.03 bits per heavy atom. The number of amides is 1. The second-order valence-corrected chi connectivity index (χ2v) is 7.35. The van der Waals surface area contributed by atoms with Crippen LogP contribution in [0.2, 0.25) is 0 Å². The lowest BCUT2D eigenvalue weighted by atomic mass is 10.1. The summed E-state index contributed by atoms with van der Waals surface area (Å²) in [5.74, 6) is 1.89. The van der Waals surface area contributed by atoms with Crippen molar-refractivity contribution in [3.63, 3.8) is 0 Å². The molecule has 4 rings (SSSR count). The van der Waals surface area contributed by atoms with Crippen molar-refractivity contribution in [3.05, 3.63) is 64.8 Å². The van der Waals surface area contributed by atoms with E-state index in [2.05, 4.69) is 10.2 Å². The van der Waals surface area contributed by atoms with Gasteiger partial charge in [-0.1, -0.05) is 17.7 Å². The summed E-state index contributed by atoms with van der Waals surface area (Å²) in [6, 6.07) is 8.81. The highest BCUT2D eigenvalue weighted by Gasteiger charge is 2.39. The molecule has 152 valence electrons. The van der Waals surface area contributed by atoms with E-state index in [9.17, 15) is 9.90 Å². The largest absolute Gasteiger partial charge is 0.485 e. The number of aromatic nitrogens is 2. The molecule has 3 aromatic rings. The third-order valence-electron chi connectivity index (χ3n) is 4.94. The number of rotatable bonds is 5. The molecule has 3 heterocycles. The first-order valence-electron chi connectivity index (χ1n) is 9.48. The maximum Gasteiger partial charge on any atom is 0.290 e. The van der Waals surface area contributed by atoms with Gasteiger partial charge in [-0.05, 0) is 37.6 Å². The Morgan fingerprint density at radius 3 is 2.76 bits per heavy atom. The van der Waals surface area contributed by atoms with Crippen LogP contribution in [0.25, 0.3) is 0 Å². The van der Waals surface area contributed by atoms with Crippen molar-refractivity contribution in [2.75, 3.05) is 6.54 Å². The highest BCUT2D eigenvalue weighted by molar-refractivity contribution is 5.92. The number of aliphatic hydroxyl groups is 1. The van der Waals surface area contributed by atoms with E-state index in [-0.39, 0.29) is 24.8 Å². The standard InChI is InChI=1S/C21H23N3O5/c1-12-4-6-18(13(2)8-12)27-11-16-5-7-19(29-16)21(26)24-10-15(25)9-17(24)20-23-22-14(3)28-20/h4-8,15,17,25H,9-11H2,1-3H3/t15-,17-/m1/s1. The zero-order valence-corrected chi connectivity index (χ0v) is 16.6. The third kappa shape index (κ3) is 4.02. The Bertz CT molecular complexity index is 1030. The molecule has 1 aliphatic heterocycles. The monoisotopic (exact) mass is 397 g/mol. The maximum absolute atomic E-state index is 13.0. The van der Waals surface area contributed by atoms with Gasteiger partial charge in [0.1, 0.15) is 24.2 Å². The molecule has 0 unspecified atom stereocenters. The van der Waals surface area contributed by atoms with E-state index < -0.39 is 12.1 Å². The van der Waals surface area contributed by atoms with Crippen molar-refractivity contribution in [2.45, 2.75) is 45.9 Å². The molecule has 0 spiro atoms. The Kier molecular flexibility index (Phi) is 5.10. The van der Waals surface area contributed by atoms with Gasteiger partial charge in [0, 0.05) is 19.9 Å². The molecule has 29 heavy (non-hydrogen) atoms. The number of ether oxygens (including phenoxy) is 1. The molecule has 1 aliphatic rings. The van der Waals surface area contributed by atoms with Gasteiger partial charge in [-0.15, -0.1) is 10.2 Å². The number of benzene rings is 1. The minimum Gasteiger partial charge on any atom is -0.485 e. The highest BCUT2D eigenvalue weighted by Crippen LogP contribution is 2.33. The van der Waals surface area contributed by atoms with E-state index in [1.54, 1.807) is 19.1 Å². The number of nitrogens with zero attached hydrogens (tertiary/aromatic N) is 3. The second-order valence-electron chi connectivity index (χ2n) is 7.35. The van der Waals surface area contributed by atoms with Crippen molar-refractivity contribution < 1.29 is 23.5 Å². The number of aliphatic hydroxyl groups excluding tert-OH is 1. The molecular formula is C21H23N3O5. The number of likely N-dealkylation sites (tertiary alicyclic amines) is 1. The fourth-order valence-electron chi connectivity index (χ4n) is 3.54. The van der Waals surface area contributed by atoms with Crippen LogP contribution >= 0.6 is 0 Å². The molecule has 8 nitrogen and oxygen atoms in total. The molecule has 0 aliphatic carbocycles. The minimum absolute atomic E-state index is 0.180. The van der Waals surface area contributed by atoms with Crippen LogP contribution in [0, 0.1) is 20.8 Å². The van der Waals surface area contributed by atoms with Crippen molar-refractivity contribution in [1.82, 2.24) is 15.1 Å². The zero-order valence-electron chi connectivity index (χ0n) is 16.6. The molecule has 0 saturated carbocycles. The smallest absolute Gasteiger partial charge is 0.290 e. The molecule has 1 aromatic carbocycles. The quantitative estimate of drug-likeness (QED) is 0.706. The van der Waals surface area contributed by atoms with Crippen molar-refractivity contribution in [1.29, 1.82) is 0 Å². The third-order valence-corrected chi connectivity index (χ3v) is 4.94. The van der Waals surface area contributed by atoms with Gasteiger partial charge in [-0.2, -0.15) is 0 Å². The van der Waals surface area contributed by atoms with Gasteiger partial charge >= 0.3 is 0 Å². The maximum atomic E-state index is 13.0. The number of carbonyl (C=O) groups is 1. The molecular weight excluding hydrogens is 374 g/mol. The molecule has 1 N–H and O–H groups in total. The van der Waals surface area contributed by atoms with Gasteiger partial charge in [-0.25, -0.2) is 0 Å². The number of aryl methyl sites for hydroxylation is 3. The van der Waals surface area contributed by atoms with Gasteiger partial charge < -0.3 is 23.6 Å². The van der Waals surface area contributed by atoms with Crippen LogP contribution in [0.3, 0.4) is 0 Å². The second kappa shape index (κ2) is 7.71. The topological polar surface area (TPSA) is 102 Å². The molecule has 2 aromatic heterocycles. The highest BCUT2D eigenvalue weighted by atomic mass is 16.5. The average molecular weight is 397 g/mol. The number of hydrogen-bond donors (Lipinski definition) is 1. The number of carbonyl (C=O) groups excluding carboxylic acids is 1. The summed E-state index contributed by atoms with van der Waals surface area (Å²) < 4.78 is 17.0. The predicted octanol–water partition coefficient (Wildman–Crippen LogP) is 3.11. The molecule has 0 radical (unpaired) electrons. The van der Waals surface area contributed by atoms with Crippen LogP contribution in [0.1, 0.15) is 51.7 Å². The molecule has 1 fully saturated rings. The first-order valence-corrected chi connectivity index (χ1v) is 9.48. The first-order chi connectivity index (χ1) is 13.9.